The minimum atomic E-state index is -0.851. The molecule has 2 rings (SSSR count). The molecule has 0 fully saturated rings. The van der Waals surface area contributed by atoms with E-state index in [0.29, 0.717) is 10.8 Å². The van der Waals surface area contributed by atoms with Gasteiger partial charge >= 0.3 is 0 Å². The molecule has 0 aliphatic heterocycles. The summed E-state index contributed by atoms with van der Waals surface area (Å²) in [5.41, 5.74) is 0.651. The van der Waals surface area contributed by atoms with Gasteiger partial charge in [0.05, 0.1) is 5.69 Å². The molecule has 0 saturated carbocycles. The van der Waals surface area contributed by atoms with E-state index in [-0.39, 0.29) is 5.56 Å². The third-order valence-electron chi connectivity index (χ3n) is 2.06. The zero-order valence-corrected chi connectivity index (χ0v) is 9.44. The normalized spacial score (nSPS) is 10.4. The molecular weight excluding hydrogens is 230 g/mol. The van der Waals surface area contributed by atoms with Crippen LogP contribution in [0.3, 0.4) is 0 Å². The lowest BCUT2D eigenvalue weighted by atomic mass is 10.1. The predicted molar refractivity (Wildman–Crippen MR) is 61.6 cm³/mol. The standard InChI is InChI=1S/C11H10F2N2S/c1-2-14-11-15-9(6-16-11)7-4-3-5-8(12)10(7)13/h3-6H,2H2,1H3,(H,14,15). The van der Waals surface area contributed by atoms with Crippen LogP contribution >= 0.6 is 11.3 Å². The summed E-state index contributed by atoms with van der Waals surface area (Å²) >= 11 is 1.37. The number of nitrogens with zero attached hydrogens (tertiary/aromatic N) is 1. The largest absolute Gasteiger partial charge is 0.362 e. The summed E-state index contributed by atoms with van der Waals surface area (Å²) in [7, 11) is 0. The SMILES string of the molecule is CCNc1nc(-c2cccc(F)c2F)cs1. The van der Waals surface area contributed by atoms with Gasteiger partial charge in [-0.2, -0.15) is 0 Å². The number of hydrogen-bond acceptors (Lipinski definition) is 3. The Morgan fingerprint density at radius 2 is 2.19 bits per heavy atom. The van der Waals surface area contributed by atoms with Crippen LogP contribution in [-0.4, -0.2) is 11.5 Å². The number of anilines is 1. The molecule has 2 nitrogen and oxygen atoms in total. The number of hydrogen-bond donors (Lipinski definition) is 1. The third-order valence-corrected chi connectivity index (χ3v) is 2.86. The van der Waals surface area contributed by atoms with E-state index >= 15 is 0 Å². The molecule has 0 bridgehead atoms. The number of benzene rings is 1. The summed E-state index contributed by atoms with van der Waals surface area (Å²) in [4.78, 5) is 4.17. The quantitative estimate of drug-likeness (QED) is 0.887. The Morgan fingerprint density at radius 3 is 2.94 bits per heavy atom. The molecule has 0 atom stereocenters. The van der Waals surface area contributed by atoms with E-state index in [9.17, 15) is 8.78 Å². The number of aromatic nitrogens is 1. The Morgan fingerprint density at radius 1 is 1.38 bits per heavy atom. The zero-order valence-electron chi connectivity index (χ0n) is 8.63. The van der Waals surface area contributed by atoms with Crippen LogP contribution in [0.15, 0.2) is 23.6 Å². The van der Waals surface area contributed by atoms with Gasteiger partial charge in [-0.1, -0.05) is 6.07 Å². The molecule has 1 N–H and O–H groups in total. The molecule has 84 valence electrons. The van der Waals surface area contributed by atoms with Crippen molar-refractivity contribution in [1.29, 1.82) is 0 Å². The van der Waals surface area contributed by atoms with E-state index in [1.165, 1.54) is 23.5 Å². The fourth-order valence-corrected chi connectivity index (χ4v) is 2.11. The van der Waals surface area contributed by atoms with Gasteiger partial charge in [0.1, 0.15) is 0 Å². The van der Waals surface area contributed by atoms with Gasteiger partial charge in [-0.05, 0) is 19.1 Å². The molecule has 1 aromatic carbocycles. The van der Waals surface area contributed by atoms with E-state index in [1.54, 1.807) is 5.38 Å². The van der Waals surface area contributed by atoms with Gasteiger partial charge in [0.2, 0.25) is 0 Å². The molecular formula is C11H10F2N2S. The van der Waals surface area contributed by atoms with E-state index in [4.69, 9.17) is 0 Å². The summed E-state index contributed by atoms with van der Waals surface area (Å²) in [5, 5.41) is 5.44. The monoisotopic (exact) mass is 240 g/mol. The van der Waals surface area contributed by atoms with Crippen LogP contribution in [0.4, 0.5) is 13.9 Å². The summed E-state index contributed by atoms with van der Waals surface area (Å²) < 4.78 is 26.5. The van der Waals surface area contributed by atoms with Crippen molar-refractivity contribution in [2.24, 2.45) is 0 Å². The van der Waals surface area contributed by atoms with Gasteiger partial charge < -0.3 is 5.32 Å². The molecule has 1 aromatic heterocycles. The topological polar surface area (TPSA) is 24.9 Å². The second-order valence-corrected chi connectivity index (χ2v) is 4.03. The molecule has 16 heavy (non-hydrogen) atoms. The van der Waals surface area contributed by atoms with Gasteiger partial charge in [0, 0.05) is 17.5 Å². The number of nitrogens with one attached hydrogen (secondary N) is 1. The highest BCUT2D eigenvalue weighted by Gasteiger charge is 2.12. The van der Waals surface area contributed by atoms with Crippen LogP contribution in [0.25, 0.3) is 11.3 Å². The first-order valence-corrected chi connectivity index (χ1v) is 5.74. The minimum absolute atomic E-state index is 0.195. The number of thiazole rings is 1. The zero-order chi connectivity index (χ0) is 11.5. The van der Waals surface area contributed by atoms with Crippen LogP contribution in [0.1, 0.15) is 6.92 Å². The van der Waals surface area contributed by atoms with Crippen molar-refractivity contribution in [2.75, 3.05) is 11.9 Å². The molecule has 0 radical (unpaired) electrons. The van der Waals surface area contributed by atoms with Crippen molar-refractivity contribution >= 4 is 16.5 Å². The summed E-state index contributed by atoms with van der Waals surface area (Å²) in [6, 6.07) is 4.08. The molecule has 0 unspecified atom stereocenters. The van der Waals surface area contributed by atoms with E-state index in [0.717, 1.165) is 12.6 Å². The van der Waals surface area contributed by atoms with Crippen molar-refractivity contribution in [1.82, 2.24) is 4.98 Å². The van der Waals surface area contributed by atoms with Crippen LogP contribution in [-0.2, 0) is 0 Å². The minimum Gasteiger partial charge on any atom is -0.362 e. The summed E-state index contributed by atoms with van der Waals surface area (Å²) in [5.74, 6) is -1.70. The molecule has 0 aliphatic rings. The highest BCUT2D eigenvalue weighted by Crippen LogP contribution is 2.27. The summed E-state index contributed by atoms with van der Waals surface area (Å²) in [6.07, 6.45) is 0. The van der Waals surface area contributed by atoms with Gasteiger partial charge in [-0.25, -0.2) is 13.8 Å². The summed E-state index contributed by atoms with van der Waals surface area (Å²) in [6.45, 7) is 2.70. The number of rotatable bonds is 3. The molecule has 5 heteroatoms. The first-order chi connectivity index (χ1) is 7.72. The molecule has 1 heterocycles. The lowest BCUT2D eigenvalue weighted by molar-refractivity contribution is 0.511. The Hall–Kier alpha value is -1.49. The van der Waals surface area contributed by atoms with Gasteiger partial charge in [0.15, 0.2) is 16.8 Å². The average Bonchev–Trinajstić information content (AvgIpc) is 2.71. The smallest absolute Gasteiger partial charge is 0.183 e. The Kier molecular flexibility index (Phi) is 3.14. The lowest BCUT2D eigenvalue weighted by Gasteiger charge is -1.99. The van der Waals surface area contributed by atoms with Crippen molar-refractivity contribution in [3.63, 3.8) is 0 Å². The lowest BCUT2D eigenvalue weighted by Crippen LogP contribution is -1.95. The van der Waals surface area contributed by atoms with Crippen molar-refractivity contribution in [2.45, 2.75) is 6.92 Å². The van der Waals surface area contributed by atoms with Crippen molar-refractivity contribution < 1.29 is 8.78 Å². The number of halogens is 2. The first kappa shape index (κ1) is 11.0. The van der Waals surface area contributed by atoms with Crippen molar-refractivity contribution in [3.05, 3.63) is 35.2 Å². The maximum atomic E-state index is 13.5. The third kappa shape index (κ3) is 2.04. The van der Waals surface area contributed by atoms with Gasteiger partial charge in [-0.15, -0.1) is 11.3 Å². The highest BCUT2D eigenvalue weighted by atomic mass is 32.1. The molecule has 0 amide bonds. The molecule has 0 spiro atoms. The Balaban J connectivity index is 2.39. The van der Waals surface area contributed by atoms with Crippen LogP contribution in [0.5, 0.6) is 0 Å². The second kappa shape index (κ2) is 4.57. The van der Waals surface area contributed by atoms with Crippen LogP contribution in [0, 0.1) is 11.6 Å². The molecule has 0 saturated heterocycles. The average molecular weight is 240 g/mol. The maximum Gasteiger partial charge on any atom is 0.183 e. The first-order valence-electron chi connectivity index (χ1n) is 4.86. The maximum absolute atomic E-state index is 13.5. The fourth-order valence-electron chi connectivity index (χ4n) is 1.33. The highest BCUT2D eigenvalue weighted by molar-refractivity contribution is 7.14. The van der Waals surface area contributed by atoms with E-state index in [1.807, 2.05) is 6.92 Å². The second-order valence-electron chi connectivity index (χ2n) is 3.17. The molecule has 2 aromatic rings. The van der Waals surface area contributed by atoms with Gasteiger partial charge in [-0.3, -0.25) is 0 Å². The van der Waals surface area contributed by atoms with Crippen LogP contribution in [0.2, 0.25) is 0 Å². The predicted octanol–water partition coefficient (Wildman–Crippen LogP) is 3.52. The fraction of sp³-hybridized carbons (Fsp3) is 0.182. The Bertz CT molecular complexity index is 496. The van der Waals surface area contributed by atoms with Gasteiger partial charge in [0.25, 0.3) is 0 Å². The van der Waals surface area contributed by atoms with Crippen molar-refractivity contribution in [3.8, 4) is 11.3 Å². The molecule has 0 aliphatic carbocycles. The van der Waals surface area contributed by atoms with Crippen LogP contribution < -0.4 is 5.32 Å². The Labute approximate surface area is 96.0 Å². The van der Waals surface area contributed by atoms with E-state index in [2.05, 4.69) is 10.3 Å². The van der Waals surface area contributed by atoms with E-state index < -0.39 is 11.6 Å².